The van der Waals surface area contributed by atoms with E-state index in [2.05, 4.69) is 5.32 Å². The van der Waals surface area contributed by atoms with Crippen LogP contribution in [0.15, 0.2) is 23.1 Å². The van der Waals surface area contributed by atoms with Crippen LogP contribution in [0.2, 0.25) is 0 Å². The van der Waals surface area contributed by atoms with Gasteiger partial charge in [0.25, 0.3) is 0 Å². The van der Waals surface area contributed by atoms with Crippen LogP contribution in [0.1, 0.15) is 6.92 Å². The van der Waals surface area contributed by atoms with Crippen molar-refractivity contribution < 1.29 is 13.2 Å². The van der Waals surface area contributed by atoms with Gasteiger partial charge in [-0.15, -0.1) is 0 Å². The van der Waals surface area contributed by atoms with Crippen LogP contribution in [-0.2, 0) is 14.8 Å². The van der Waals surface area contributed by atoms with E-state index in [4.69, 9.17) is 5.73 Å². The molecule has 0 saturated carbocycles. The smallest absolute Gasteiger partial charge is 0.244 e. The minimum Gasteiger partial charge on any atom is -0.396 e. The summed E-state index contributed by atoms with van der Waals surface area (Å²) >= 11 is 0. The van der Waals surface area contributed by atoms with E-state index >= 15 is 0 Å². The molecule has 1 aromatic carbocycles. The van der Waals surface area contributed by atoms with Gasteiger partial charge in [-0.1, -0.05) is 6.07 Å². The Balaban J connectivity index is 3.30. The van der Waals surface area contributed by atoms with Crippen LogP contribution < -0.4 is 16.0 Å². The number of amides is 1. The molecule has 7 nitrogen and oxygen atoms in total. The Morgan fingerprint density at radius 3 is 2.43 bits per heavy atom. The van der Waals surface area contributed by atoms with E-state index in [1.165, 1.54) is 20.2 Å². The van der Waals surface area contributed by atoms with Crippen LogP contribution in [0.25, 0.3) is 0 Å². The summed E-state index contributed by atoms with van der Waals surface area (Å²) in [6.45, 7) is 2.52. The van der Waals surface area contributed by atoms with Crippen molar-refractivity contribution in [3.8, 4) is 0 Å². The maximum Gasteiger partial charge on any atom is 0.244 e. The van der Waals surface area contributed by atoms with Crippen molar-refractivity contribution in [2.24, 2.45) is 0 Å². The summed E-state index contributed by atoms with van der Waals surface area (Å²) in [4.78, 5) is 13.3. The Morgan fingerprint density at radius 1 is 1.33 bits per heavy atom. The van der Waals surface area contributed by atoms with Gasteiger partial charge in [0.2, 0.25) is 15.9 Å². The second-order valence-electron chi connectivity index (χ2n) is 4.66. The van der Waals surface area contributed by atoms with Gasteiger partial charge >= 0.3 is 0 Å². The Kier molecular flexibility index (Phi) is 5.56. The predicted octanol–water partition coefficient (Wildman–Crippen LogP) is 0.0914. The van der Waals surface area contributed by atoms with E-state index in [9.17, 15) is 13.2 Å². The quantitative estimate of drug-likeness (QED) is 0.726. The summed E-state index contributed by atoms with van der Waals surface area (Å²) in [6, 6.07) is 4.78. The third-order valence-corrected chi connectivity index (χ3v) is 5.01. The third kappa shape index (κ3) is 3.64. The van der Waals surface area contributed by atoms with Crippen LogP contribution in [0, 0.1) is 0 Å². The van der Waals surface area contributed by atoms with Crippen molar-refractivity contribution in [1.82, 2.24) is 9.62 Å². The molecule has 0 aliphatic heterocycles. The highest BCUT2D eigenvalue weighted by atomic mass is 32.2. The molecule has 0 atom stereocenters. The number of rotatable bonds is 6. The van der Waals surface area contributed by atoms with Crippen molar-refractivity contribution in [2.75, 3.05) is 44.9 Å². The molecule has 0 heterocycles. The molecule has 1 amide bonds. The van der Waals surface area contributed by atoms with Crippen molar-refractivity contribution in [3.63, 3.8) is 0 Å². The second-order valence-corrected chi connectivity index (χ2v) is 6.78. The average Bonchev–Trinajstić information content (AvgIpc) is 2.44. The van der Waals surface area contributed by atoms with E-state index in [0.29, 0.717) is 12.2 Å². The largest absolute Gasteiger partial charge is 0.396 e. The lowest BCUT2D eigenvalue weighted by Crippen LogP contribution is -2.36. The molecule has 0 aliphatic carbocycles. The first-order chi connectivity index (χ1) is 9.75. The highest BCUT2D eigenvalue weighted by Gasteiger charge is 2.23. The molecular weight excluding hydrogens is 292 g/mol. The van der Waals surface area contributed by atoms with Crippen molar-refractivity contribution >= 4 is 27.3 Å². The van der Waals surface area contributed by atoms with Crippen LogP contribution in [-0.4, -0.2) is 52.9 Å². The number of hydrogen-bond acceptors (Lipinski definition) is 5. The molecular formula is C13H22N4O3S. The lowest BCUT2D eigenvalue weighted by Gasteiger charge is -2.25. The number of nitrogens with zero attached hydrogens (tertiary/aromatic N) is 2. The number of carbonyl (C=O) groups excluding carboxylic acids is 1. The molecule has 0 spiro atoms. The number of hydrogen-bond donors (Lipinski definition) is 2. The van der Waals surface area contributed by atoms with Gasteiger partial charge in [0, 0.05) is 27.7 Å². The van der Waals surface area contributed by atoms with E-state index < -0.39 is 10.0 Å². The van der Waals surface area contributed by atoms with E-state index in [1.54, 1.807) is 24.1 Å². The van der Waals surface area contributed by atoms with Crippen molar-refractivity contribution in [3.05, 3.63) is 18.2 Å². The fourth-order valence-electron chi connectivity index (χ4n) is 1.85. The Labute approximate surface area is 125 Å². The zero-order chi connectivity index (χ0) is 16.2. The molecule has 1 rings (SSSR count). The first-order valence-corrected chi connectivity index (χ1v) is 7.96. The Hall–Kier alpha value is -1.80. The molecule has 8 heteroatoms. The summed E-state index contributed by atoms with van der Waals surface area (Å²) in [6.07, 6.45) is 0. The zero-order valence-electron chi connectivity index (χ0n) is 12.8. The summed E-state index contributed by atoms with van der Waals surface area (Å²) in [5, 5.41) is 2.53. The van der Waals surface area contributed by atoms with Crippen LogP contribution in [0.4, 0.5) is 11.4 Å². The standard InChI is InChI=1S/C13H22N4O3S/c1-5-17(9-12(18)15-2)10-7-6-8-11(13(10)14)21(19,20)16(3)4/h6-8H,5,9,14H2,1-4H3,(H,15,18). The van der Waals surface area contributed by atoms with Gasteiger partial charge in [-0.3, -0.25) is 4.79 Å². The third-order valence-electron chi connectivity index (χ3n) is 3.14. The molecule has 0 radical (unpaired) electrons. The minimum atomic E-state index is -3.62. The van der Waals surface area contributed by atoms with Crippen molar-refractivity contribution in [1.29, 1.82) is 0 Å². The zero-order valence-corrected chi connectivity index (χ0v) is 13.6. The normalized spacial score (nSPS) is 11.5. The number of nitrogens with one attached hydrogen (secondary N) is 1. The maximum atomic E-state index is 12.2. The topological polar surface area (TPSA) is 95.7 Å². The molecule has 0 saturated heterocycles. The number of nitrogens with two attached hydrogens (primary N) is 1. The van der Waals surface area contributed by atoms with Gasteiger partial charge in [-0.2, -0.15) is 0 Å². The number of para-hydroxylation sites is 1. The fourth-order valence-corrected chi connectivity index (χ4v) is 2.88. The molecule has 0 unspecified atom stereocenters. The number of anilines is 2. The molecule has 0 fully saturated rings. The summed E-state index contributed by atoms with van der Waals surface area (Å²) < 4.78 is 25.6. The maximum absolute atomic E-state index is 12.2. The number of carbonyl (C=O) groups is 1. The van der Waals surface area contributed by atoms with E-state index in [-0.39, 0.29) is 23.0 Å². The summed E-state index contributed by atoms with van der Waals surface area (Å²) in [5.74, 6) is -0.169. The summed E-state index contributed by atoms with van der Waals surface area (Å²) in [7, 11) is 0.819. The monoisotopic (exact) mass is 314 g/mol. The first kappa shape index (κ1) is 17.3. The average molecular weight is 314 g/mol. The molecule has 118 valence electrons. The molecule has 21 heavy (non-hydrogen) atoms. The van der Waals surface area contributed by atoms with Crippen molar-refractivity contribution in [2.45, 2.75) is 11.8 Å². The number of benzene rings is 1. The number of likely N-dealkylation sites (N-methyl/N-ethyl adjacent to an activating group) is 2. The Bertz CT molecular complexity index is 614. The molecule has 0 aliphatic rings. The van der Waals surface area contributed by atoms with Gasteiger partial charge in [0.05, 0.1) is 17.9 Å². The lowest BCUT2D eigenvalue weighted by molar-refractivity contribution is -0.119. The Morgan fingerprint density at radius 2 is 1.95 bits per heavy atom. The molecule has 3 N–H and O–H groups in total. The molecule has 0 aromatic heterocycles. The number of nitrogen functional groups attached to an aromatic ring is 1. The lowest BCUT2D eigenvalue weighted by atomic mass is 10.2. The van der Waals surface area contributed by atoms with Crippen LogP contribution in [0.3, 0.4) is 0 Å². The summed E-state index contributed by atoms with van der Waals surface area (Å²) in [5.41, 5.74) is 6.70. The number of sulfonamides is 1. The molecule has 0 bridgehead atoms. The van der Waals surface area contributed by atoms with Gasteiger partial charge in [0.1, 0.15) is 4.90 Å². The van der Waals surface area contributed by atoms with E-state index in [1.807, 2.05) is 6.92 Å². The van der Waals surface area contributed by atoms with Crippen LogP contribution >= 0.6 is 0 Å². The van der Waals surface area contributed by atoms with Gasteiger partial charge in [-0.05, 0) is 19.1 Å². The van der Waals surface area contributed by atoms with Gasteiger partial charge in [0.15, 0.2) is 0 Å². The fraction of sp³-hybridized carbons (Fsp3) is 0.462. The highest BCUT2D eigenvalue weighted by Crippen LogP contribution is 2.30. The first-order valence-electron chi connectivity index (χ1n) is 6.52. The minimum absolute atomic E-state index is 0.0420. The van der Waals surface area contributed by atoms with E-state index in [0.717, 1.165) is 4.31 Å². The highest BCUT2D eigenvalue weighted by molar-refractivity contribution is 7.89. The van der Waals surface area contributed by atoms with Gasteiger partial charge in [-0.25, -0.2) is 12.7 Å². The second kappa shape index (κ2) is 6.77. The SMILES string of the molecule is CCN(CC(=O)NC)c1cccc(S(=O)(=O)N(C)C)c1N. The van der Waals surface area contributed by atoms with Crippen LogP contribution in [0.5, 0.6) is 0 Å². The predicted molar refractivity (Wildman–Crippen MR) is 83.7 cm³/mol. The van der Waals surface area contributed by atoms with Gasteiger partial charge < -0.3 is 16.0 Å². The molecule has 1 aromatic rings.